The van der Waals surface area contributed by atoms with Crippen LogP contribution < -0.4 is 10.6 Å². The van der Waals surface area contributed by atoms with Gasteiger partial charge in [-0.2, -0.15) is 0 Å². The molecular formula is C16H26N4O. The summed E-state index contributed by atoms with van der Waals surface area (Å²) in [6.45, 7) is 8.33. The largest absolute Gasteiger partial charge is 0.385 e. The highest BCUT2D eigenvalue weighted by atomic mass is 16.1. The van der Waals surface area contributed by atoms with Crippen molar-refractivity contribution in [1.82, 2.24) is 15.2 Å². The molecule has 1 aromatic heterocycles. The van der Waals surface area contributed by atoms with Crippen molar-refractivity contribution in [2.45, 2.75) is 39.2 Å². The highest BCUT2D eigenvalue weighted by Crippen LogP contribution is 2.15. The Bertz CT molecular complexity index is 455. The third-order valence-electron chi connectivity index (χ3n) is 3.90. The van der Waals surface area contributed by atoms with Crippen LogP contribution in [0.3, 0.4) is 0 Å². The van der Waals surface area contributed by atoms with Crippen LogP contribution in [0.5, 0.6) is 0 Å². The van der Waals surface area contributed by atoms with Crippen LogP contribution in [0.2, 0.25) is 0 Å². The van der Waals surface area contributed by atoms with Crippen molar-refractivity contribution < 1.29 is 4.79 Å². The Morgan fingerprint density at radius 2 is 2.14 bits per heavy atom. The maximum atomic E-state index is 12.4. The number of carbonyl (C=O) groups is 1. The minimum atomic E-state index is -0.0204. The van der Waals surface area contributed by atoms with Crippen molar-refractivity contribution in [1.29, 1.82) is 0 Å². The molecule has 21 heavy (non-hydrogen) atoms. The summed E-state index contributed by atoms with van der Waals surface area (Å²) in [5.41, 5.74) is 1.49. The molecule has 0 atom stereocenters. The highest BCUT2D eigenvalue weighted by Gasteiger charge is 2.21. The number of hydrogen-bond donors (Lipinski definition) is 2. The maximum Gasteiger partial charge on any atom is 0.255 e. The lowest BCUT2D eigenvalue weighted by molar-refractivity contribution is 0.0911. The molecule has 0 aliphatic carbocycles. The van der Waals surface area contributed by atoms with Gasteiger partial charge in [-0.3, -0.25) is 9.78 Å². The van der Waals surface area contributed by atoms with Crippen molar-refractivity contribution in [3.63, 3.8) is 0 Å². The molecule has 2 N–H and O–H groups in total. The van der Waals surface area contributed by atoms with E-state index in [1.54, 1.807) is 12.4 Å². The Labute approximate surface area is 127 Å². The van der Waals surface area contributed by atoms with E-state index in [0.717, 1.165) is 44.7 Å². The second kappa shape index (κ2) is 7.98. The number of hydrogen-bond acceptors (Lipinski definition) is 4. The van der Waals surface area contributed by atoms with Gasteiger partial charge in [0.2, 0.25) is 0 Å². The van der Waals surface area contributed by atoms with E-state index in [9.17, 15) is 4.79 Å². The average molecular weight is 290 g/mol. The molecule has 0 spiro atoms. The summed E-state index contributed by atoms with van der Waals surface area (Å²) in [5.74, 6) is -0.0204. The van der Waals surface area contributed by atoms with Gasteiger partial charge in [0.15, 0.2) is 0 Å². The molecule has 1 saturated heterocycles. The second-order valence-corrected chi connectivity index (χ2v) is 5.54. The summed E-state index contributed by atoms with van der Waals surface area (Å²) in [7, 11) is 0. The Morgan fingerprint density at radius 3 is 2.81 bits per heavy atom. The zero-order valence-corrected chi connectivity index (χ0v) is 13.1. The topological polar surface area (TPSA) is 57.3 Å². The van der Waals surface area contributed by atoms with E-state index in [1.807, 2.05) is 13.0 Å². The first-order valence-corrected chi connectivity index (χ1v) is 7.95. The SMILES string of the molecule is CCCN1CCC(NC(=O)c2cnccc2NCC)CC1. The Kier molecular flexibility index (Phi) is 5.99. The number of aromatic nitrogens is 1. The van der Waals surface area contributed by atoms with Crippen LogP contribution >= 0.6 is 0 Å². The first-order valence-electron chi connectivity index (χ1n) is 7.95. The summed E-state index contributed by atoms with van der Waals surface area (Å²) in [6, 6.07) is 2.13. The fourth-order valence-corrected chi connectivity index (χ4v) is 2.80. The van der Waals surface area contributed by atoms with Crippen LogP contribution in [0.4, 0.5) is 5.69 Å². The van der Waals surface area contributed by atoms with E-state index < -0.39 is 0 Å². The first-order chi connectivity index (χ1) is 10.2. The molecule has 0 radical (unpaired) electrons. The smallest absolute Gasteiger partial charge is 0.255 e. The first kappa shape index (κ1) is 15.8. The molecular weight excluding hydrogens is 264 g/mol. The van der Waals surface area contributed by atoms with E-state index in [-0.39, 0.29) is 11.9 Å². The molecule has 1 aliphatic rings. The summed E-state index contributed by atoms with van der Waals surface area (Å²) in [4.78, 5) is 18.9. The number of amides is 1. The molecule has 5 nitrogen and oxygen atoms in total. The van der Waals surface area contributed by atoms with Crippen LogP contribution in [-0.2, 0) is 0 Å². The van der Waals surface area contributed by atoms with E-state index in [2.05, 4.69) is 27.4 Å². The maximum absolute atomic E-state index is 12.4. The van der Waals surface area contributed by atoms with Crippen LogP contribution in [-0.4, -0.2) is 48.0 Å². The van der Waals surface area contributed by atoms with Crippen molar-refractivity contribution in [3.05, 3.63) is 24.0 Å². The number of likely N-dealkylation sites (tertiary alicyclic amines) is 1. The number of carbonyl (C=O) groups excluding carboxylic acids is 1. The van der Waals surface area contributed by atoms with Crippen LogP contribution in [0.15, 0.2) is 18.5 Å². The molecule has 1 amide bonds. The molecule has 2 heterocycles. The molecule has 1 aliphatic heterocycles. The number of anilines is 1. The lowest BCUT2D eigenvalue weighted by Crippen LogP contribution is -2.44. The lowest BCUT2D eigenvalue weighted by Gasteiger charge is -2.32. The molecule has 0 unspecified atom stereocenters. The second-order valence-electron chi connectivity index (χ2n) is 5.54. The number of pyridine rings is 1. The minimum Gasteiger partial charge on any atom is -0.385 e. The average Bonchev–Trinajstić information content (AvgIpc) is 2.50. The molecule has 0 saturated carbocycles. The van der Waals surface area contributed by atoms with Gasteiger partial charge in [-0.25, -0.2) is 0 Å². The number of rotatable bonds is 6. The quantitative estimate of drug-likeness (QED) is 0.842. The summed E-state index contributed by atoms with van der Waals surface area (Å²) in [6.07, 6.45) is 6.60. The van der Waals surface area contributed by atoms with Gasteiger partial charge in [-0.15, -0.1) is 0 Å². The third kappa shape index (κ3) is 4.43. The Morgan fingerprint density at radius 1 is 1.38 bits per heavy atom. The zero-order chi connectivity index (χ0) is 15.1. The van der Waals surface area contributed by atoms with Gasteiger partial charge in [-0.1, -0.05) is 6.92 Å². The highest BCUT2D eigenvalue weighted by molar-refractivity contribution is 5.99. The van der Waals surface area contributed by atoms with E-state index >= 15 is 0 Å². The van der Waals surface area contributed by atoms with E-state index in [4.69, 9.17) is 0 Å². The van der Waals surface area contributed by atoms with Crippen LogP contribution in [0.25, 0.3) is 0 Å². The molecule has 2 rings (SSSR count). The predicted molar refractivity (Wildman–Crippen MR) is 85.6 cm³/mol. The minimum absolute atomic E-state index is 0.0204. The van der Waals surface area contributed by atoms with Gasteiger partial charge in [0.05, 0.1) is 11.3 Å². The van der Waals surface area contributed by atoms with Crippen molar-refractivity contribution >= 4 is 11.6 Å². The van der Waals surface area contributed by atoms with Gasteiger partial charge in [0, 0.05) is 38.1 Å². The predicted octanol–water partition coefficient (Wildman–Crippen LogP) is 2.12. The van der Waals surface area contributed by atoms with E-state index in [0.29, 0.717) is 5.56 Å². The fourth-order valence-electron chi connectivity index (χ4n) is 2.80. The molecule has 1 fully saturated rings. The standard InChI is InChI=1S/C16H26N4O/c1-3-9-20-10-6-13(7-11-20)19-16(21)14-12-17-8-5-15(14)18-4-2/h5,8,12-13H,3-4,6-7,9-11H2,1-2H3,(H,17,18)(H,19,21). The Balaban J connectivity index is 1.90. The molecule has 116 valence electrons. The lowest BCUT2D eigenvalue weighted by atomic mass is 10.0. The normalized spacial score (nSPS) is 16.7. The van der Waals surface area contributed by atoms with Gasteiger partial charge >= 0.3 is 0 Å². The van der Waals surface area contributed by atoms with Gasteiger partial charge in [-0.05, 0) is 38.8 Å². The molecule has 1 aromatic rings. The fraction of sp³-hybridized carbons (Fsp3) is 0.625. The van der Waals surface area contributed by atoms with Crippen LogP contribution in [0.1, 0.15) is 43.5 Å². The van der Waals surface area contributed by atoms with Gasteiger partial charge in [0.1, 0.15) is 0 Å². The number of nitrogens with one attached hydrogen (secondary N) is 2. The molecule has 5 heteroatoms. The summed E-state index contributed by atoms with van der Waals surface area (Å²) in [5, 5.41) is 6.36. The molecule has 0 bridgehead atoms. The summed E-state index contributed by atoms with van der Waals surface area (Å²) >= 11 is 0. The Hall–Kier alpha value is -1.62. The van der Waals surface area contributed by atoms with Crippen molar-refractivity contribution in [3.8, 4) is 0 Å². The summed E-state index contributed by atoms with van der Waals surface area (Å²) < 4.78 is 0. The van der Waals surface area contributed by atoms with Gasteiger partial charge < -0.3 is 15.5 Å². The van der Waals surface area contributed by atoms with Crippen LogP contribution in [0, 0.1) is 0 Å². The monoisotopic (exact) mass is 290 g/mol. The van der Waals surface area contributed by atoms with Crippen molar-refractivity contribution in [2.24, 2.45) is 0 Å². The van der Waals surface area contributed by atoms with E-state index in [1.165, 1.54) is 6.42 Å². The zero-order valence-electron chi connectivity index (χ0n) is 13.1. The third-order valence-corrected chi connectivity index (χ3v) is 3.90. The molecule has 0 aromatic carbocycles. The number of piperidine rings is 1. The van der Waals surface area contributed by atoms with Gasteiger partial charge in [0.25, 0.3) is 5.91 Å². The van der Waals surface area contributed by atoms with Crippen molar-refractivity contribution in [2.75, 3.05) is 31.5 Å². The number of nitrogens with zero attached hydrogens (tertiary/aromatic N) is 2.